The predicted molar refractivity (Wildman–Crippen MR) is 114 cm³/mol. The molecule has 1 N–H and O–H groups in total. The van der Waals surface area contributed by atoms with Crippen LogP contribution in [0, 0.1) is 19.8 Å². The monoisotopic (exact) mass is 391 g/mol. The van der Waals surface area contributed by atoms with Gasteiger partial charge in [-0.05, 0) is 44.2 Å². The molecule has 1 aliphatic heterocycles. The van der Waals surface area contributed by atoms with Crippen LogP contribution in [0.1, 0.15) is 11.4 Å². The Morgan fingerprint density at radius 2 is 1.76 bits per heavy atom. The first-order valence-electron chi connectivity index (χ1n) is 9.59. The Balaban J connectivity index is 1.38. The van der Waals surface area contributed by atoms with E-state index in [4.69, 9.17) is 0 Å². The molecular formula is C21H25N7O. The quantitative estimate of drug-likeness (QED) is 0.720. The van der Waals surface area contributed by atoms with E-state index in [-0.39, 0.29) is 11.8 Å². The lowest BCUT2D eigenvalue weighted by atomic mass is 9.99. The molecule has 8 heteroatoms. The Morgan fingerprint density at radius 1 is 1.07 bits per heavy atom. The van der Waals surface area contributed by atoms with Gasteiger partial charge < -0.3 is 15.1 Å². The summed E-state index contributed by atoms with van der Waals surface area (Å²) in [6.07, 6.45) is 1.54. The molecule has 0 aliphatic carbocycles. The summed E-state index contributed by atoms with van der Waals surface area (Å²) < 4.78 is 1.81. The maximum atomic E-state index is 12.5. The Hall–Kier alpha value is -3.42. The van der Waals surface area contributed by atoms with Gasteiger partial charge in [-0.15, -0.1) is 0 Å². The zero-order valence-electron chi connectivity index (χ0n) is 17.1. The highest BCUT2D eigenvalue weighted by molar-refractivity contribution is 5.94. The average molecular weight is 391 g/mol. The van der Waals surface area contributed by atoms with Crippen LogP contribution < -0.4 is 15.1 Å². The summed E-state index contributed by atoms with van der Waals surface area (Å²) in [5.74, 6) is 1.51. The number of nitrogens with zero attached hydrogens (tertiary/aromatic N) is 6. The lowest BCUT2D eigenvalue weighted by Crippen LogP contribution is -2.52. The number of hydrogen-bond donors (Lipinski definition) is 1. The number of hydrogen-bond acceptors (Lipinski definition) is 6. The van der Waals surface area contributed by atoms with Gasteiger partial charge in [-0.2, -0.15) is 5.10 Å². The minimum Gasteiger partial charge on any atom is -0.378 e. The van der Waals surface area contributed by atoms with Crippen molar-refractivity contribution in [2.75, 3.05) is 42.3 Å². The van der Waals surface area contributed by atoms with Gasteiger partial charge in [0.1, 0.15) is 12.1 Å². The van der Waals surface area contributed by atoms with Crippen LogP contribution in [0.3, 0.4) is 0 Å². The fraction of sp³-hybridized carbons (Fsp3) is 0.333. The van der Waals surface area contributed by atoms with Gasteiger partial charge in [-0.25, -0.2) is 14.6 Å². The molecule has 29 heavy (non-hydrogen) atoms. The molecule has 1 amide bonds. The van der Waals surface area contributed by atoms with Crippen molar-refractivity contribution in [2.24, 2.45) is 5.92 Å². The molecule has 2 aromatic heterocycles. The van der Waals surface area contributed by atoms with Crippen LogP contribution in [0.15, 0.2) is 42.7 Å². The van der Waals surface area contributed by atoms with Crippen molar-refractivity contribution in [3.63, 3.8) is 0 Å². The fourth-order valence-corrected chi connectivity index (χ4v) is 3.41. The van der Waals surface area contributed by atoms with Gasteiger partial charge in [-0.1, -0.05) is 0 Å². The molecule has 8 nitrogen and oxygen atoms in total. The topological polar surface area (TPSA) is 79.2 Å². The van der Waals surface area contributed by atoms with Crippen LogP contribution in [-0.4, -0.2) is 52.8 Å². The fourth-order valence-electron chi connectivity index (χ4n) is 3.41. The third-order valence-electron chi connectivity index (χ3n) is 5.09. The number of carbonyl (C=O) groups excluding carboxylic acids is 1. The minimum absolute atomic E-state index is 0.0340. The van der Waals surface area contributed by atoms with E-state index in [9.17, 15) is 4.79 Å². The number of rotatable bonds is 5. The van der Waals surface area contributed by atoms with Crippen LogP contribution in [0.5, 0.6) is 0 Å². The van der Waals surface area contributed by atoms with Crippen molar-refractivity contribution in [3.8, 4) is 5.82 Å². The number of carbonyl (C=O) groups is 1. The second kappa shape index (κ2) is 7.54. The molecule has 0 saturated carbocycles. The first-order chi connectivity index (χ1) is 13.9. The Morgan fingerprint density at radius 3 is 2.38 bits per heavy atom. The number of amides is 1. The number of nitrogens with one attached hydrogen (secondary N) is 1. The molecule has 0 unspecified atom stereocenters. The summed E-state index contributed by atoms with van der Waals surface area (Å²) in [6.45, 7) is 5.22. The smallest absolute Gasteiger partial charge is 0.231 e. The highest BCUT2D eigenvalue weighted by atomic mass is 16.2. The predicted octanol–water partition coefficient (Wildman–Crippen LogP) is 2.42. The third kappa shape index (κ3) is 3.91. The van der Waals surface area contributed by atoms with Crippen LogP contribution in [0.4, 0.5) is 17.2 Å². The first kappa shape index (κ1) is 18.9. The van der Waals surface area contributed by atoms with Crippen molar-refractivity contribution >= 4 is 23.1 Å². The second-order valence-electron chi connectivity index (χ2n) is 7.61. The van der Waals surface area contributed by atoms with Crippen LogP contribution in [-0.2, 0) is 4.79 Å². The van der Waals surface area contributed by atoms with E-state index in [1.165, 1.54) is 0 Å². The van der Waals surface area contributed by atoms with Crippen molar-refractivity contribution < 1.29 is 4.79 Å². The third-order valence-corrected chi connectivity index (χ3v) is 5.09. The van der Waals surface area contributed by atoms with Gasteiger partial charge in [0, 0.05) is 50.3 Å². The summed E-state index contributed by atoms with van der Waals surface area (Å²) >= 11 is 0. The van der Waals surface area contributed by atoms with E-state index in [0.29, 0.717) is 13.1 Å². The van der Waals surface area contributed by atoms with E-state index in [1.807, 2.05) is 73.9 Å². The molecule has 1 aromatic carbocycles. The highest BCUT2D eigenvalue weighted by Crippen LogP contribution is 2.25. The number of aromatic nitrogens is 4. The lowest BCUT2D eigenvalue weighted by molar-refractivity contribution is -0.120. The normalized spacial score (nSPS) is 13.9. The molecule has 0 bridgehead atoms. The minimum atomic E-state index is -0.0596. The molecule has 150 valence electrons. The lowest BCUT2D eigenvalue weighted by Gasteiger charge is -2.39. The molecule has 4 rings (SSSR count). The Bertz CT molecular complexity index is 1020. The standard InChI is InChI=1S/C21H25N7O/c1-14-9-15(2)28(25-14)20-10-19(22-13-23-20)27-11-16(12-27)21(29)24-17-5-7-18(8-6-17)26(3)4/h5-10,13,16H,11-12H2,1-4H3,(H,24,29). The van der Waals surface area contributed by atoms with E-state index in [1.54, 1.807) is 6.33 Å². The second-order valence-corrected chi connectivity index (χ2v) is 7.61. The van der Waals surface area contributed by atoms with Gasteiger partial charge in [0.15, 0.2) is 5.82 Å². The Labute approximate surface area is 170 Å². The van der Waals surface area contributed by atoms with Gasteiger partial charge >= 0.3 is 0 Å². The van der Waals surface area contributed by atoms with Crippen LogP contribution in [0.25, 0.3) is 5.82 Å². The molecule has 3 aromatic rings. The molecule has 0 atom stereocenters. The molecular weight excluding hydrogens is 366 g/mol. The molecule has 1 saturated heterocycles. The zero-order valence-corrected chi connectivity index (χ0v) is 17.1. The van der Waals surface area contributed by atoms with Gasteiger partial charge in [0.05, 0.1) is 11.6 Å². The van der Waals surface area contributed by atoms with Crippen molar-refractivity contribution in [3.05, 3.63) is 54.1 Å². The maximum absolute atomic E-state index is 12.5. The SMILES string of the molecule is Cc1cc(C)n(-c2cc(N3CC(C(=O)Nc4ccc(N(C)C)cc4)C3)ncn2)n1. The van der Waals surface area contributed by atoms with Crippen LogP contribution >= 0.6 is 0 Å². The summed E-state index contributed by atoms with van der Waals surface area (Å²) in [6, 6.07) is 11.8. The zero-order chi connectivity index (χ0) is 20.5. The summed E-state index contributed by atoms with van der Waals surface area (Å²) in [4.78, 5) is 25.3. The molecule has 1 fully saturated rings. The van der Waals surface area contributed by atoms with E-state index >= 15 is 0 Å². The van der Waals surface area contributed by atoms with Crippen molar-refractivity contribution in [2.45, 2.75) is 13.8 Å². The molecule has 0 radical (unpaired) electrons. The largest absolute Gasteiger partial charge is 0.378 e. The summed E-state index contributed by atoms with van der Waals surface area (Å²) in [7, 11) is 3.98. The van der Waals surface area contributed by atoms with Crippen molar-refractivity contribution in [1.29, 1.82) is 0 Å². The molecule has 0 spiro atoms. The highest BCUT2D eigenvalue weighted by Gasteiger charge is 2.33. The summed E-state index contributed by atoms with van der Waals surface area (Å²) in [5.41, 5.74) is 3.88. The van der Waals surface area contributed by atoms with Gasteiger partial charge in [0.2, 0.25) is 5.91 Å². The maximum Gasteiger partial charge on any atom is 0.231 e. The molecule has 3 heterocycles. The number of aryl methyl sites for hydroxylation is 2. The Kier molecular flexibility index (Phi) is 4.92. The average Bonchev–Trinajstić information content (AvgIpc) is 2.99. The first-order valence-corrected chi connectivity index (χ1v) is 9.59. The van der Waals surface area contributed by atoms with E-state index < -0.39 is 0 Å². The number of anilines is 3. The molecule has 1 aliphatic rings. The van der Waals surface area contributed by atoms with E-state index in [2.05, 4.69) is 25.3 Å². The van der Waals surface area contributed by atoms with Gasteiger partial charge in [-0.3, -0.25) is 4.79 Å². The van der Waals surface area contributed by atoms with Crippen LogP contribution in [0.2, 0.25) is 0 Å². The van der Waals surface area contributed by atoms with Gasteiger partial charge in [0.25, 0.3) is 0 Å². The van der Waals surface area contributed by atoms with E-state index in [0.717, 1.165) is 34.4 Å². The summed E-state index contributed by atoms with van der Waals surface area (Å²) in [5, 5.41) is 7.47. The number of benzene rings is 1. The van der Waals surface area contributed by atoms with Crippen molar-refractivity contribution in [1.82, 2.24) is 19.7 Å².